The fraction of sp³-hybridized carbons (Fsp3) is 1.00. The molecule has 0 spiro atoms. The Morgan fingerprint density at radius 3 is 2.69 bits per heavy atom. The molecule has 0 aromatic heterocycles. The maximum Gasteiger partial charge on any atom is 0.150 e. The molecule has 1 aliphatic heterocycles. The van der Waals surface area contributed by atoms with Gasteiger partial charge in [-0.1, -0.05) is 6.42 Å². The van der Waals surface area contributed by atoms with Gasteiger partial charge < -0.3 is 11.1 Å². The highest BCUT2D eigenvalue weighted by atomic mass is 32.2. The van der Waals surface area contributed by atoms with Crippen molar-refractivity contribution in [1.29, 1.82) is 0 Å². The normalized spacial score (nSPS) is 37.9. The number of hydrogen-bond donors (Lipinski definition) is 2. The molecule has 0 aromatic rings. The third kappa shape index (κ3) is 2.96. The first-order valence-electron chi connectivity index (χ1n) is 6.24. The van der Waals surface area contributed by atoms with Gasteiger partial charge in [0.15, 0.2) is 9.84 Å². The van der Waals surface area contributed by atoms with Crippen LogP contribution in [0.25, 0.3) is 0 Å². The van der Waals surface area contributed by atoms with Crippen molar-refractivity contribution < 1.29 is 8.42 Å². The van der Waals surface area contributed by atoms with E-state index in [0.29, 0.717) is 29.4 Å². The maximum atomic E-state index is 11.3. The standard InChI is InChI=1S/C11H22N2O2S/c12-6-10-2-1-3-11(10)13-7-9-4-5-16(14,15)8-9/h9-11,13H,1-8,12H2. The van der Waals surface area contributed by atoms with E-state index in [0.717, 1.165) is 19.5 Å². The molecule has 0 aromatic carbocycles. The minimum absolute atomic E-state index is 0.323. The van der Waals surface area contributed by atoms with Gasteiger partial charge in [0.2, 0.25) is 0 Å². The van der Waals surface area contributed by atoms with Crippen LogP contribution in [0, 0.1) is 11.8 Å². The van der Waals surface area contributed by atoms with Crippen molar-refractivity contribution in [3.05, 3.63) is 0 Å². The molecule has 16 heavy (non-hydrogen) atoms. The fourth-order valence-corrected chi connectivity index (χ4v) is 4.80. The molecule has 94 valence electrons. The van der Waals surface area contributed by atoms with Gasteiger partial charge >= 0.3 is 0 Å². The van der Waals surface area contributed by atoms with Crippen molar-refractivity contribution in [3.63, 3.8) is 0 Å². The summed E-state index contributed by atoms with van der Waals surface area (Å²) < 4.78 is 22.6. The van der Waals surface area contributed by atoms with E-state index in [1.54, 1.807) is 0 Å². The molecule has 3 atom stereocenters. The predicted octanol–water partition coefficient (Wildman–Crippen LogP) is 0.138. The molecule has 3 N–H and O–H groups in total. The Hall–Kier alpha value is -0.130. The van der Waals surface area contributed by atoms with E-state index >= 15 is 0 Å². The second kappa shape index (κ2) is 5.02. The van der Waals surface area contributed by atoms with Gasteiger partial charge in [-0.15, -0.1) is 0 Å². The summed E-state index contributed by atoms with van der Waals surface area (Å²) in [6, 6.07) is 0.522. The van der Waals surface area contributed by atoms with Crippen LogP contribution in [0.3, 0.4) is 0 Å². The molecular weight excluding hydrogens is 224 g/mol. The van der Waals surface area contributed by atoms with Crippen molar-refractivity contribution in [3.8, 4) is 0 Å². The molecule has 1 heterocycles. The highest BCUT2D eigenvalue weighted by molar-refractivity contribution is 7.91. The minimum atomic E-state index is -2.72. The Labute approximate surface area is 97.9 Å². The van der Waals surface area contributed by atoms with Gasteiger partial charge in [0.1, 0.15) is 0 Å². The average Bonchev–Trinajstić information content (AvgIpc) is 2.81. The van der Waals surface area contributed by atoms with Crippen molar-refractivity contribution in [1.82, 2.24) is 5.32 Å². The second-order valence-corrected chi connectivity index (χ2v) is 7.44. The van der Waals surface area contributed by atoms with Crippen molar-refractivity contribution in [2.45, 2.75) is 31.7 Å². The summed E-state index contributed by atoms with van der Waals surface area (Å²) in [5.41, 5.74) is 5.72. The van der Waals surface area contributed by atoms with Gasteiger partial charge in [-0.25, -0.2) is 8.42 Å². The van der Waals surface area contributed by atoms with Gasteiger partial charge in [0.05, 0.1) is 11.5 Å². The SMILES string of the molecule is NCC1CCCC1NCC1CCS(=O)(=O)C1. The van der Waals surface area contributed by atoms with Crippen LogP contribution in [0.15, 0.2) is 0 Å². The summed E-state index contributed by atoms with van der Waals surface area (Å²) in [5, 5.41) is 3.52. The van der Waals surface area contributed by atoms with Crippen LogP contribution in [0.1, 0.15) is 25.7 Å². The highest BCUT2D eigenvalue weighted by Gasteiger charge is 2.30. The first-order valence-corrected chi connectivity index (χ1v) is 8.07. The van der Waals surface area contributed by atoms with Crippen LogP contribution in [0.4, 0.5) is 0 Å². The third-order valence-electron chi connectivity index (χ3n) is 3.96. The molecule has 2 aliphatic rings. The zero-order valence-electron chi connectivity index (χ0n) is 9.69. The summed E-state index contributed by atoms with van der Waals surface area (Å²) in [6.07, 6.45) is 4.50. The van der Waals surface area contributed by atoms with Crippen molar-refractivity contribution in [2.24, 2.45) is 17.6 Å². The molecule has 2 fully saturated rings. The topological polar surface area (TPSA) is 72.2 Å². The van der Waals surface area contributed by atoms with Gasteiger partial charge in [-0.05, 0) is 44.2 Å². The molecule has 1 saturated heterocycles. The Kier molecular flexibility index (Phi) is 3.87. The lowest BCUT2D eigenvalue weighted by Gasteiger charge is -2.21. The van der Waals surface area contributed by atoms with Crippen molar-refractivity contribution in [2.75, 3.05) is 24.6 Å². The van der Waals surface area contributed by atoms with Crippen molar-refractivity contribution >= 4 is 9.84 Å². The van der Waals surface area contributed by atoms with Crippen LogP contribution >= 0.6 is 0 Å². The molecule has 3 unspecified atom stereocenters. The van der Waals surface area contributed by atoms with E-state index < -0.39 is 9.84 Å². The smallest absolute Gasteiger partial charge is 0.150 e. The van der Waals surface area contributed by atoms with Gasteiger partial charge in [-0.2, -0.15) is 0 Å². The van der Waals surface area contributed by atoms with E-state index in [4.69, 9.17) is 5.73 Å². The fourth-order valence-electron chi connectivity index (χ4n) is 2.94. The molecule has 0 bridgehead atoms. The maximum absolute atomic E-state index is 11.3. The Balaban J connectivity index is 1.76. The summed E-state index contributed by atoms with van der Waals surface area (Å²) in [7, 11) is -2.72. The lowest BCUT2D eigenvalue weighted by molar-refractivity contribution is 0.380. The van der Waals surface area contributed by atoms with Crippen LogP contribution in [0.2, 0.25) is 0 Å². The zero-order valence-corrected chi connectivity index (χ0v) is 10.5. The predicted molar refractivity (Wildman–Crippen MR) is 64.9 cm³/mol. The van der Waals surface area contributed by atoms with Crippen LogP contribution in [-0.4, -0.2) is 39.1 Å². The van der Waals surface area contributed by atoms with Crippen LogP contribution < -0.4 is 11.1 Å². The minimum Gasteiger partial charge on any atom is -0.330 e. The van der Waals surface area contributed by atoms with E-state index in [1.165, 1.54) is 19.3 Å². The molecule has 5 heteroatoms. The third-order valence-corrected chi connectivity index (χ3v) is 5.79. The average molecular weight is 246 g/mol. The molecule has 0 radical (unpaired) electrons. The monoisotopic (exact) mass is 246 g/mol. The number of nitrogens with two attached hydrogens (primary N) is 1. The number of rotatable bonds is 4. The highest BCUT2D eigenvalue weighted by Crippen LogP contribution is 2.25. The Morgan fingerprint density at radius 1 is 1.25 bits per heavy atom. The zero-order chi connectivity index (χ0) is 11.6. The van der Waals surface area contributed by atoms with Gasteiger partial charge in [0, 0.05) is 6.04 Å². The van der Waals surface area contributed by atoms with Gasteiger partial charge in [-0.3, -0.25) is 0 Å². The number of hydrogen-bond acceptors (Lipinski definition) is 4. The van der Waals surface area contributed by atoms with Gasteiger partial charge in [0.25, 0.3) is 0 Å². The molecular formula is C11H22N2O2S. The van der Waals surface area contributed by atoms with E-state index in [-0.39, 0.29) is 0 Å². The Morgan fingerprint density at radius 2 is 2.06 bits per heavy atom. The Bertz CT molecular complexity index is 329. The molecule has 2 rings (SSSR count). The quantitative estimate of drug-likeness (QED) is 0.740. The van der Waals surface area contributed by atoms with E-state index in [1.807, 2.05) is 0 Å². The van der Waals surface area contributed by atoms with Crippen LogP contribution in [0.5, 0.6) is 0 Å². The first-order chi connectivity index (χ1) is 7.61. The van der Waals surface area contributed by atoms with Crippen LogP contribution in [-0.2, 0) is 9.84 Å². The molecule has 0 amide bonds. The molecule has 4 nitrogen and oxygen atoms in total. The summed E-state index contributed by atoms with van der Waals surface area (Å²) in [4.78, 5) is 0. The van der Waals surface area contributed by atoms with E-state index in [9.17, 15) is 8.42 Å². The second-order valence-electron chi connectivity index (χ2n) is 5.21. The first kappa shape index (κ1) is 12.3. The summed E-state index contributed by atoms with van der Waals surface area (Å²) >= 11 is 0. The summed E-state index contributed by atoms with van der Waals surface area (Å²) in [6.45, 7) is 1.60. The lowest BCUT2D eigenvalue weighted by Crippen LogP contribution is -2.38. The summed E-state index contributed by atoms with van der Waals surface area (Å²) in [5.74, 6) is 1.67. The molecule has 1 aliphatic carbocycles. The number of nitrogens with one attached hydrogen (secondary N) is 1. The molecule has 1 saturated carbocycles. The number of sulfone groups is 1. The largest absolute Gasteiger partial charge is 0.330 e. The lowest BCUT2D eigenvalue weighted by atomic mass is 10.0. The van der Waals surface area contributed by atoms with E-state index in [2.05, 4.69) is 5.32 Å².